The maximum absolute atomic E-state index is 12.0. The van der Waals surface area contributed by atoms with Gasteiger partial charge in [0, 0.05) is 16.7 Å². The number of pyridine rings is 1. The van der Waals surface area contributed by atoms with Crippen LogP contribution in [0.25, 0.3) is 0 Å². The van der Waals surface area contributed by atoms with Crippen LogP contribution in [0.3, 0.4) is 0 Å². The molecule has 0 atom stereocenters. The van der Waals surface area contributed by atoms with Crippen LogP contribution in [0.15, 0.2) is 41.0 Å². The van der Waals surface area contributed by atoms with E-state index in [1.807, 2.05) is 6.07 Å². The molecule has 0 saturated carbocycles. The predicted molar refractivity (Wildman–Crippen MR) is 77.6 cm³/mol. The fraction of sp³-hybridized carbons (Fsp3) is 0.0714. The quantitative estimate of drug-likeness (QED) is 0.938. The summed E-state index contributed by atoms with van der Waals surface area (Å²) in [6, 6.07) is 10.1. The number of nitrogens with one attached hydrogen (secondary N) is 1. The first-order valence-corrected chi connectivity index (χ1v) is 6.44. The minimum atomic E-state index is -0.347. The monoisotopic (exact) mass is 331 g/mol. The molecule has 0 unspecified atom stereocenters. The van der Waals surface area contributed by atoms with E-state index in [1.165, 1.54) is 7.11 Å². The molecule has 1 N–H and O–H groups in total. The molecule has 0 spiro atoms. The van der Waals surface area contributed by atoms with Gasteiger partial charge in [-0.25, -0.2) is 4.98 Å². The Morgan fingerprint density at radius 2 is 2.20 bits per heavy atom. The number of carbonyl (C=O) groups is 1. The van der Waals surface area contributed by atoms with Gasteiger partial charge in [0.05, 0.1) is 24.4 Å². The number of benzene rings is 1. The van der Waals surface area contributed by atoms with E-state index in [9.17, 15) is 4.79 Å². The van der Waals surface area contributed by atoms with Crippen LogP contribution in [0.1, 0.15) is 16.1 Å². The number of anilines is 1. The maximum Gasteiger partial charge on any atom is 0.274 e. The Morgan fingerprint density at radius 1 is 1.40 bits per heavy atom. The summed E-state index contributed by atoms with van der Waals surface area (Å²) in [6.45, 7) is 0. The molecular weight excluding hydrogens is 322 g/mol. The van der Waals surface area contributed by atoms with Crippen LogP contribution >= 0.6 is 15.9 Å². The minimum Gasteiger partial charge on any atom is -0.495 e. The summed E-state index contributed by atoms with van der Waals surface area (Å²) in [7, 11) is 1.48. The lowest BCUT2D eigenvalue weighted by Gasteiger charge is -2.10. The lowest BCUT2D eigenvalue weighted by molar-refractivity contribution is 0.102. The lowest BCUT2D eigenvalue weighted by Crippen LogP contribution is -2.14. The van der Waals surface area contributed by atoms with E-state index in [4.69, 9.17) is 10.00 Å². The normalized spacial score (nSPS) is 9.65. The van der Waals surface area contributed by atoms with E-state index in [-0.39, 0.29) is 5.91 Å². The highest BCUT2D eigenvalue weighted by Crippen LogP contribution is 2.25. The smallest absolute Gasteiger partial charge is 0.274 e. The van der Waals surface area contributed by atoms with Crippen LogP contribution in [-0.4, -0.2) is 18.0 Å². The summed E-state index contributed by atoms with van der Waals surface area (Å²) >= 11 is 3.26. The van der Waals surface area contributed by atoms with Gasteiger partial charge in [-0.05, 0) is 40.2 Å². The number of halogens is 1. The topological polar surface area (TPSA) is 75.0 Å². The molecule has 0 aliphatic rings. The molecule has 1 aromatic carbocycles. The Morgan fingerprint density at radius 3 is 2.80 bits per heavy atom. The van der Waals surface area contributed by atoms with Gasteiger partial charge in [-0.3, -0.25) is 4.79 Å². The van der Waals surface area contributed by atoms with Crippen LogP contribution in [0.2, 0.25) is 0 Å². The molecule has 6 heteroatoms. The molecule has 1 heterocycles. The highest BCUT2D eigenvalue weighted by molar-refractivity contribution is 9.10. The summed E-state index contributed by atoms with van der Waals surface area (Å²) in [5.41, 5.74) is 1.24. The van der Waals surface area contributed by atoms with E-state index in [0.29, 0.717) is 22.7 Å². The van der Waals surface area contributed by atoms with Gasteiger partial charge >= 0.3 is 0 Å². The number of carbonyl (C=O) groups excluding carboxylic acids is 1. The Hall–Kier alpha value is -2.39. The maximum atomic E-state index is 12.0. The van der Waals surface area contributed by atoms with Crippen LogP contribution in [0.4, 0.5) is 5.69 Å². The van der Waals surface area contributed by atoms with E-state index >= 15 is 0 Å². The standard InChI is InChI=1S/C14H10BrN3O2/c1-20-13-6-9(7-16)2-4-11(13)18-14(19)12-5-3-10(15)8-17-12/h2-6,8H,1H3,(H,18,19). The van der Waals surface area contributed by atoms with Gasteiger partial charge in [0.1, 0.15) is 11.4 Å². The molecule has 1 aromatic heterocycles. The van der Waals surface area contributed by atoms with Crippen LogP contribution in [0, 0.1) is 11.3 Å². The first-order chi connectivity index (χ1) is 9.63. The van der Waals surface area contributed by atoms with Crippen molar-refractivity contribution in [2.24, 2.45) is 0 Å². The average Bonchev–Trinajstić information content (AvgIpc) is 2.48. The van der Waals surface area contributed by atoms with Gasteiger partial charge < -0.3 is 10.1 Å². The van der Waals surface area contributed by atoms with E-state index in [1.54, 1.807) is 36.5 Å². The fourth-order valence-corrected chi connectivity index (χ4v) is 1.80. The zero-order valence-electron chi connectivity index (χ0n) is 10.6. The van der Waals surface area contributed by atoms with Crippen LogP contribution in [-0.2, 0) is 0 Å². The average molecular weight is 332 g/mol. The second-order valence-corrected chi connectivity index (χ2v) is 4.76. The summed E-state index contributed by atoms with van der Waals surface area (Å²) < 4.78 is 5.95. The van der Waals surface area contributed by atoms with Gasteiger partial charge in [0.15, 0.2) is 0 Å². The summed E-state index contributed by atoms with van der Waals surface area (Å²) in [6.07, 6.45) is 1.55. The van der Waals surface area contributed by atoms with E-state index in [2.05, 4.69) is 26.2 Å². The number of nitrogens with zero attached hydrogens (tertiary/aromatic N) is 2. The van der Waals surface area contributed by atoms with Crippen molar-refractivity contribution in [3.05, 3.63) is 52.3 Å². The second-order valence-electron chi connectivity index (χ2n) is 3.84. The molecule has 20 heavy (non-hydrogen) atoms. The van der Waals surface area contributed by atoms with E-state index in [0.717, 1.165) is 4.47 Å². The molecule has 100 valence electrons. The molecule has 5 nitrogen and oxygen atoms in total. The minimum absolute atomic E-state index is 0.291. The van der Waals surface area contributed by atoms with Crippen molar-refractivity contribution in [1.29, 1.82) is 5.26 Å². The Kier molecular flexibility index (Phi) is 4.33. The molecule has 0 radical (unpaired) electrons. The van der Waals surface area contributed by atoms with Crippen molar-refractivity contribution in [3.63, 3.8) is 0 Å². The number of hydrogen-bond donors (Lipinski definition) is 1. The third kappa shape index (κ3) is 3.13. The largest absolute Gasteiger partial charge is 0.495 e. The molecule has 2 aromatic rings. The van der Waals surface area contributed by atoms with Gasteiger partial charge in [0.2, 0.25) is 0 Å². The number of hydrogen-bond acceptors (Lipinski definition) is 4. The molecule has 0 saturated heterocycles. The number of nitriles is 1. The Labute approximate surface area is 124 Å². The van der Waals surface area contributed by atoms with Crippen molar-refractivity contribution in [2.45, 2.75) is 0 Å². The van der Waals surface area contributed by atoms with Crippen LogP contribution in [0.5, 0.6) is 5.75 Å². The van der Waals surface area contributed by atoms with Gasteiger partial charge in [0.25, 0.3) is 5.91 Å². The number of aromatic nitrogens is 1. The zero-order chi connectivity index (χ0) is 14.5. The first kappa shape index (κ1) is 14.0. The summed E-state index contributed by atoms with van der Waals surface area (Å²) in [5, 5.41) is 11.5. The Balaban J connectivity index is 2.23. The van der Waals surface area contributed by atoms with Gasteiger partial charge in [-0.15, -0.1) is 0 Å². The molecule has 0 bridgehead atoms. The number of amides is 1. The van der Waals surface area contributed by atoms with Crippen molar-refractivity contribution < 1.29 is 9.53 Å². The summed E-state index contributed by atoms with van der Waals surface area (Å²) in [5.74, 6) is 0.0787. The van der Waals surface area contributed by atoms with Crippen molar-refractivity contribution in [2.75, 3.05) is 12.4 Å². The van der Waals surface area contributed by atoms with Crippen molar-refractivity contribution >= 4 is 27.5 Å². The van der Waals surface area contributed by atoms with Crippen molar-refractivity contribution in [1.82, 2.24) is 4.98 Å². The second kappa shape index (κ2) is 6.17. The SMILES string of the molecule is COc1cc(C#N)ccc1NC(=O)c1ccc(Br)cn1. The molecule has 0 aliphatic carbocycles. The number of rotatable bonds is 3. The van der Waals surface area contributed by atoms with Crippen molar-refractivity contribution in [3.8, 4) is 11.8 Å². The first-order valence-electron chi connectivity index (χ1n) is 5.65. The van der Waals surface area contributed by atoms with E-state index < -0.39 is 0 Å². The predicted octanol–water partition coefficient (Wildman–Crippen LogP) is 2.98. The van der Waals surface area contributed by atoms with Gasteiger partial charge in [-0.2, -0.15) is 5.26 Å². The van der Waals surface area contributed by atoms with Crippen LogP contribution < -0.4 is 10.1 Å². The highest BCUT2D eigenvalue weighted by atomic mass is 79.9. The number of ether oxygens (including phenoxy) is 1. The molecular formula is C14H10BrN3O2. The zero-order valence-corrected chi connectivity index (χ0v) is 12.1. The molecule has 0 aliphatic heterocycles. The molecule has 2 rings (SSSR count). The summed E-state index contributed by atoms with van der Waals surface area (Å²) in [4.78, 5) is 16.1. The Bertz CT molecular complexity index is 678. The fourth-order valence-electron chi connectivity index (χ4n) is 1.56. The molecule has 1 amide bonds. The molecule has 0 fully saturated rings. The third-order valence-corrected chi connectivity index (χ3v) is 3.01. The van der Waals surface area contributed by atoms with Gasteiger partial charge in [-0.1, -0.05) is 0 Å². The lowest BCUT2D eigenvalue weighted by atomic mass is 10.2. The third-order valence-electron chi connectivity index (χ3n) is 2.54. The highest BCUT2D eigenvalue weighted by Gasteiger charge is 2.11. The number of methoxy groups -OCH3 is 1.